The normalized spacial score (nSPS) is 10.9. The van der Waals surface area contributed by atoms with Crippen molar-refractivity contribution in [2.24, 2.45) is 0 Å². The van der Waals surface area contributed by atoms with Crippen LogP contribution in [0.3, 0.4) is 0 Å². The summed E-state index contributed by atoms with van der Waals surface area (Å²) in [5.41, 5.74) is -0.575. The summed E-state index contributed by atoms with van der Waals surface area (Å²) in [4.78, 5) is 24.8. The minimum absolute atomic E-state index is 0.115. The van der Waals surface area contributed by atoms with Crippen LogP contribution in [-0.2, 0) is 9.53 Å². The van der Waals surface area contributed by atoms with Crippen LogP contribution >= 0.6 is 0 Å². The van der Waals surface area contributed by atoms with Gasteiger partial charge in [0.1, 0.15) is 5.69 Å². The lowest BCUT2D eigenvalue weighted by molar-refractivity contribution is -0.385. The van der Waals surface area contributed by atoms with Crippen LogP contribution in [0.4, 0.5) is 5.69 Å². The molecule has 1 heterocycles. The number of methoxy groups -OCH3 is 2. The quantitative estimate of drug-likeness (QED) is 0.281. The molecule has 0 aliphatic heterocycles. The van der Waals surface area contributed by atoms with Gasteiger partial charge >= 0.3 is 5.97 Å². The van der Waals surface area contributed by atoms with Crippen molar-refractivity contribution in [2.45, 2.75) is 0 Å². The zero-order chi connectivity index (χ0) is 13.7. The SMILES string of the molecule is COC(=O)/C(O)=C\c1nc(OC)ccc1[N+](=O)[O-]. The molecular weight excluding hydrogens is 244 g/mol. The van der Waals surface area contributed by atoms with Crippen LogP contribution in [0.2, 0.25) is 0 Å². The van der Waals surface area contributed by atoms with Crippen LogP contribution in [0.15, 0.2) is 17.9 Å². The van der Waals surface area contributed by atoms with Gasteiger partial charge in [0.05, 0.1) is 19.1 Å². The van der Waals surface area contributed by atoms with Gasteiger partial charge in [-0.15, -0.1) is 0 Å². The number of nitrogens with zero attached hydrogens (tertiary/aromatic N) is 2. The fourth-order valence-corrected chi connectivity index (χ4v) is 1.12. The Balaban J connectivity index is 3.28. The molecule has 0 saturated heterocycles. The van der Waals surface area contributed by atoms with E-state index in [-0.39, 0.29) is 17.3 Å². The third kappa shape index (κ3) is 2.94. The Labute approximate surface area is 102 Å². The van der Waals surface area contributed by atoms with E-state index in [2.05, 4.69) is 9.72 Å². The smallest absolute Gasteiger partial charge is 0.373 e. The van der Waals surface area contributed by atoms with Gasteiger partial charge in [-0.3, -0.25) is 10.1 Å². The van der Waals surface area contributed by atoms with Gasteiger partial charge in [-0.25, -0.2) is 9.78 Å². The summed E-state index contributed by atoms with van der Waals surface area (Å²) in [6.45, 7) is 0. The average Bonchev–Trinajstić information content (AvgIpc) is 2.37. The summed E-state index contributed by atoms with van der Waals surface area (Å²) in [7, 11) is 2.40. The number of aliphatic hydroxyl groups is 1. The van der Waals surface area contributed by atoms with E-state index < -0.39 is 16.7 Å². The van der Waals surface area contributed by atoms with Gasteiger partial charge in [-0.2, -0.15) is 0 Å². The molecule has 0 spiro atoms. The molecule has 1 N–H and O–H groups in total. The van der Waals surface area contributed by atoms with Crippen LogP contribution in [0.5, 0.6) is 5.88 Å². The fraction of sp³-hybridized carbons (Fsp3) is 0.200. The van der Waals surface area contributed by atoms with E-state index in [1.807, 2.05) is 0 Å². The number of carbonyl (C=O) groups excluding carboxylic acids is 1. The number of pyridine rings is 1. The van der Waals surface area contributed by atoms with Crippen molar-refractivity contribution in [3.63, 3.8) is 0 Å². The number of esters is 1. The third-order valence-corrected chi connectivity index (χ3v) is 1.95. The first kappa shape index (κ1) is 13.4. The number of nitro groups is 1. The molecule has 0 aliphatic rings. The minimum atomic E-state index is -1.02. The highest BCUT2D eigenvalue weighted by Gasteiger charge is 2.17. The number of hydrogen-bond donors (Lipinski definition) is 1. The van der Waals surface area contributed by atoms with Gasteiger partial charge in [0.25, 0.3) is 5.69 Å². The Hall–Kier alpha value is -2.64. The van der Waals surface area contributed by atoms with E-state index in [4.69, 9.17) is 4.74 Å². The van der Waals surface area contributed by atoms with Crippen LogP contribution in [0.25, 0.3) is 6.08 Å². The molecule has 96 valence electrons. The van der Waals surface area contributed by atoms with Crippen molar-refractivity contribution < 1.29 is 24.3 Å². The second-order valence-corrected chi connectivity index (χ2v) is 3.04. The molecule has 8 nitrogen and oxygen atoms in total. The molecule has 0 atom stereocenters. The predicted molar refractivity (Wildman–Crippen MR) is 60.1 cm³/mol. The van der Waals surface area contributed by atoms with Gasteiger partial charge in [0.15, 0.2) is 0 Å². The molecule has 0 radical (unpaired) electrons. The van der Waals surface area contributed by atoms with E-state index in [0.717, 1.165) is 19.3 Å². The fourth-order valence-electron chi connectivity index (χ4n) is 1.12. The lowest BCUT2D eigenvalue weighted by Gasteiger charge is -2.02. The highest BCUT2D eigenvalue weighted by molar-refractivity contribution is 5.91. The maximum Gasteiger partial charge on any atom is 0.373 e. The molecule has 1 aromatic heterocycles. The standard InChI is InChI=1S/C10H10N2O6/c1-17-9-4-3-7(12(15)16)6(11-9)5-8(13)10(14)18-2/h3-5,13H,1-2H3/b8-5+. The molecule has 0 fully saturated rings. The number of rotatable bonds is 4. The first-order chi connectivity index (χ1) is 8.49. The highest BCUT2D eigenvalue weighted by atomic mass is 16.6. The van der Waals surface area contributed by atoms with Crippen LogP contribution < -0.4 is 4.74 Å². The van der Waals surface area contributed by atoms with E-state index in [9.17, 15) is 20.0 Å². The van der Waals surface area contributed by atoms with Crippen LogP contribution in [-0.4, -0.2) is 35.2 Å². The molecule has 0 aliphatic carbocycles. The van der Waals surface area contributed by atoms with Gasteiger partial charge in [-0.1, -0.05) is 0 Å². The monoisotopic (exact) mass is 254 g/mol. The van der Waals surface area contributed by atoms with Crippen molar-refractivity contribution in [2.75, 3.05) is 14.2 Å². The predicted octanol–water partition coefficient (Wildman–Crippen LogP) is 1.07. The summed E-state index contributed by atoms with van der Waals surface area (Å²) in [6.07, 6.45) is 0.840. The largest absolute Gasteiger partial charge is 0.502 e. The number of hydrogen-bond acceptors (Lipinski definition) is 7. The summed E-state index contributed by atoms with van der Waals surface area (Å²) in [5, 5.41) is 20.1. The average molecular weight is 254 g/mol. The van der Waals surface area contributed by atoms with Crippen LogP contribution in [0, 0.1) is 10.1 Å². The van der Waals surface area contributed by atoms with E-state index in [1.165, 1.54) is 13.2 Å². The lowest BCUT2D eigenvalue weighted by atomic mass is 10.2. The Kier molecular flexibility index (Phi) is 4.19. The summed E-state index contributed by atoms with van der Waals surface area (Å²) < 4.78 is 9.05. The summed E-state index contributed by atoms with van der Waals surface area (Å²) >= 11 is 0. The maximum atomic E-state index is 11.0. The Morgan fingerprint density at radius 1 is 1.50 bits per heavy atom. The topological polar surface area (TPSA) is 112 Å². The molecule has 18 heavy (non-hydrogen) atoms. The number of aromatic nitrogens is 1. The van der Waals surface area contributed by atoms with Gasteiger partial charge < -0.3 is 14.6 Å². The van der Waals surface area contributed by atoms with Crippen molar-refractivity contribution in [1.82, 2.24) is 4.98 Å². The molecule has 1 rings (SSSR count). The Morgan fingerprint density at radius 3 is 2.67 bits per heavy atom. The molecule has 0 aromatic carbocycles. The highest BCUT2D eigenvalue weighted by Crippen LogP contribution is 2.22. The molecule has 0 amide bonds. The zero-order valence-electron chi connectivity index (χ0n) is 9.61. The summed E-state index contributed by atoms with van der Waals surface area (Å²) in [5.74, 6) is -1.69. The van der Waals surface area contributed by atoms with Crippen molar-refractivity contribution in [1.29, 1.82) is 0 Å². The maximum absolute atomic E-state index is 11.0. The number of ether oxygens (including phenoxy) is 2. The molecule has 0 saturated carbocycles. The van der Waals surface area contributed by atoms with Crippen molar-refractivity contribution in [3.05, 3.63) is 33.7 Å². The molecular formula is C10H10N2O6. The molecule has 0 bridgehead atoms. The third-order valence-electron chi connectivity index (χ3n) is 1.95. The van der Waals surface area contributed by atoms with Gasteiger partial charge in [0, 0.05) is 18.2 Å². The lowest BCUT2D eigenvalue weighted by Crippen LogP contribution is -2.05. The first-order valence-electron chi connectivity index (χ1n) is 4.68. The van der Waals surface area contributed by atoms with E-state index >= 15 is 0 Å². The van der Waals surface area contributed by atoms with Crippen molar-refractivity contribution >= 4 is 17.7 Å². The van der Waals surface area contributed by atoms with Crippen molar-refractivity contribution in [3.8, 4) is 5.88 Å². The summed E-state index contributed by atoms with van der Waals surface area (Å²) in [6, 6.07) is 2.45. The van der Waals surface area contributed by atoms with Gasteiger partial charge in [-0.05, 0) is 0 Å². The molecule has 1 aromatic rings. The van der Waals surface area contributed by atoms with Crippen LogP contribution in [0.1, 0.15) is 5.69 Å². The van der Waals surface area contributed by atoms with Gasteiger partial charge in [0.2, 0.25) is 11.6 Å². The number of carbonyl (C=O) groups is 1. The second-order valence-electron chi connectivity index (χ2n) is 3.04. The number of aliphatic hydroxyl groups excluding tert-OH is 1. The molecule has 8 heteroatoms. The minimum Gasteiger partial charge on any atom is -0.502 e. The Morgan fingerprint density at radius 2 is 2.17 bits per heavy atom. The Bertz CT molecular complexity index is 511. The van der Waals surface area contributed by atoms with E-state index in [0.29, 0.717) is 0 Å². The second kappa shape index (κ2) is 5.62. The van der Waals surface area contributed by atoms with E-state index in [1.54, 1.807) is 0 Å². The first-order valence-corrected chi connectivity index (χ1v) is 4.68. The molecule has 0 unspecified atom stereocenters. The zero-order valence-corrected chi connectivity index (χ0v) is 9.61.